The molecule has 88 valence electrons. The Morgan fingerprint density at radius 3 is 2.12 bits per heavy atom. The fourth-order valence-electron chi connectivity index (χ4n) is 1.57. The number of rotatable bonds is 2. The third-order valence-electron chi connectivity index (χ3n) is 2.53. The van der Waals surface area contributed by atoms with E-state index in [2.05, 4.69) is 15.9 Å². The summed E-state index contributed by atoms with van der Waals surface area (Å²) in [5, 5.41) is 1.36. The second-order valence-corrected chi connectivity index (χ2v) is 5.40. The van der Waals surface area contributed by atoms with Crippen molar-refractivity contribution in [1.29, 1.82) is 0 Å². The quantitative estimate of drug-likeness (QED) is 0.840. The molecule has 0 heterocycles. The maximum Gasteiger partial charge on any atom is 0.0552 e. The fourth-order valence-corrected chi connectivity index (χ4v) is 2.13. The molecule has 0 aliphatic rings. The molecule has 2 rings (SSSR count). The van der Waals surface area contributed by atoms with E-state index >= 15 is 0 Å². The third kappa shape index (κ3) is 3.02. The average Bonchev–Trinajstić information content (AvgIpc) is 2.33. The molecule has 0 bridgehead atoms. The molecule has 0 amide bonds. The third-order valence-corrected chi connectivity index (χ3v) is 4.02. The molecular weight excluding hydrogens is 321 g/mol. The van der Waals surface area contributed by atoms with Crippen molar-refractivity contribution in [2.75, 3.05) is 0 Å². The van der Waals surface area contributed by atoms with E-state index in [9.17, 15) is 0 Å². The van der Waals surface area contributed by atoms with Gasteiger partial charge in [-0.05, 0) is 51.3 Å². The molecule has 1 atom stereocenters. The number of nitrogens with two attached hydrogens (primary N) is 1. The van der Waals surface area contributed by atoms with Crippen LogP contribution in [0.1, 0.15) is 17.2 Å². The Morgan fingerprint density at radius 1 is 0.941 bits per heavy atom. The Bertz CT molecular complexity index is 525. The number of hydrogen-bond donors (Lipinski definition) is 1. The first kappa shape index (κ1) is 12.9. The molecule has 4 heteroatoms. The first-order chi connectivity index (χ1) is 8.08. The van der Waals surface area contributed by atoms with Crippen LogP contribution in [0.4, 0.5) is 0 Å². The van der Waals surface area contributed by atoms with Crippen molar-refractivity contribution in [2.24, 2.45) is 5.73 Å². The zero-order valence-electron chi connectivity index (χ0n) is 8.83. The zero-order valence-corrected chi connectivity index (χ0v) is 11.9. The minimum Gasteiger partial charge on any atom is -0.320 e. The lowest BCUT2D eigenvalue weighted by Crippen LogP contribution is -2.11. The van der Waals surface area contributed by atoms with Crippen molar-refractivity contribution in [2.45, 2.75) is 6.04 Å². The second-order valence-electron chi connectivity index (χ2n) is 3.70. The van der Waals surface area contributed by atoms with Gasteiger partial charge in [0.1, 0.15) is 0 Å². The SMILES string of the molecule is NC(c1ccc(Cl)cc1)c1ccc(Br)c(Cl)c1. The molecular formula is C13H10BrCl2N. The first-order valence-corrected chi connectivity index (χ1v) is 6.59. The number of hydrogen-bond acceptors (Lipinski definition) is 1. The Labute approximate surface area is 119 Å². The fraction of sp³-hybridized carbons (Fsp3) is 0.0769. The van der Waals surface area contributed by atoms with E-state index < -0.39 is 0 Å². The summed E-state index contributed by atoms with van der Waals surface area (Å²) in [4.78, 5) is 0. The van der Waals surface area contributed by atoms with Gasteiger partial charge in [-0.25, -0.2) is 0 Å². The highest BCUT2D eigenvalue weighted by Gasteiger charge is 2.10. The largest absolute Gasteiger partial charge is 0.320 e. The monoisotopic (exact) mass is 329 g/mol. The maximum atomic E-state index is 6.17. The predicted octanol–water partition coefficient (Wildman–Crippen LogP) is 4.80. The first-order valence-electron chi connectivity index (χ1n) is 5.04. The summed E-state index contributed by atoms with van der Waals surface area (Å²) < 4.78 is 0.867. The Kier molecular flexibility index (Phi) is 4.10. The minimum absolute atomic E-state index is 0.196. The smallest absolute Gasteiger partial charge is 0.0552 e. The van der Waals surface area contributed by atoms with E-state index in [0.717, 1.165) is 15.6 Å². The van der Waals surface area contributed by atoms with Crippen LogP contribution < -0.4 is 5.73 Å². The van der Waals surface area contributed by atoms with Gasteiger partial charge in [-0.3, -0.25) is 0 Å². The van der Waals surface area contributed by atoms with Crippen molar-refractivity contribution in [3.05, 3.63) is 68.1 Å². The second kappa shape index (κ2) is 5.40. The molecule has 0 aliphatic carbocycles. The van der Waals surface area contributed by atoms with Crippen LogP contribution >= 0.6 is 39.1 Å². The molecule has 0 fully saturated rings. The van der Waals surface area contributed by atoms with Crippen LogP contribution in [0.25, 0.3) is 0 Å². The summed E-state index contributed by atoms with van der Waals surface area (Å²) >= 11 is 15.2. The van der Waals surface area contributed by atoms with Crippen LogP contribution in [0.3, 0.4) is 0 Å². The lowest BCUT2D eigenvalue weighted by molar-refractivity contribution is 0.871. The summed E-state index contributed by atoms with van der Waals surface area (Å²) in [6.07, 6.45) is 0. The topological polar surface area (TPSA) is 26.0 Å². The van der Waals surface area contributed by atoms with Crippen LogP contribution in [-0.4, -0.2) is 0 Å². The van der Waals surface area contributed by atoms with Crippen molar-refractivity contribution >= 4 is 39.1 Å². The zero-order chi connectivity index (χ0) is 12.4. The van der Waals surface area contributed by atoms with Crippen LogP contribution in [0.5, 0.6) is 0 Å². The van der Waals surface area contributed by atoms with Gasteiger partial charge in [-0.1, -0.05) is 41.4 Å². The highest BCUT2D eigenvalue weighted by atomic mass is 79.9. The Hall–Kier alpha value is -0.540. The lowest BCUT2D eigenvalue weighted by atomic mass is 10.00. The van der Waals surface area contributed by atoms with E-state index in [1.54, 1.807) is 0 Å². The van der Waals surface area contributed by atoms with Gasteiger partial charge < -0.3 is 5.73 Å². The van der Waals surface area contributed by atoms with Crippen molar-refractivity contribution < 1.29 is 0 Å². The normalized spacial score (nSPS) is 12.5. The molecule has 1 unspecified atom stereocenters. The predicted molar refractivity (Wildman–Crippen MR) is 76.6 cm³/mol. The van der Waals surface area contributed by atoms with Gasteiger partial charge in [-0.15, -0.1) is 0 Å². The van der Waals surface area contributed by atoms with Crippen LogP contribution in [-0.2, 0) is 0 Å². The number of benzene rings is 2. The molecule has 1 nitrogen and oxygen atoms in total. The van der Waals surface area contributed by atoms with Gasteiger partial charge in [0.15, 0.2) is 0 Å². The Balaban J connectivity index is 2.33. The summed E-state index contributed by atoms with van der Waals surface area (Å²) in [6, 6.07) is 13.0. The molecule has 0 aromatic heterocycles. The van der Waals surface area contributed by atoms with E-state index in [1.165, 1.54) is 0 Å². The molecule has 2 aromatic carbocycles. The summed E-state index contributed by atoms with van der Waals surface area (Å²) in [5.74, 6) is 0. The standard InChI is InChI=1S/C13H10BrCl2N/c14-11-6-3-9(7-12(11)16)13(17)8-1-4-10(15)5-2-8/h1-7,13H,17H2. The van der Waals surface area contributed by atoms with Gasteiger partial charge in [0, 0.05) is 9.50 Å². The van der Waals surface area contributed by atoms with Gasteiger partial charge in [-0.2, -0.15) is 0 Å². The van der Waals surface area contributed by atoms with Gasteiger partial charge in [0.2, 0.25) is 0 Å². The van der Waals surface area contributed by atoms with E-state index in [1.807, 2.05) is 42.5 Å². The molecule has 0 saturated carbocycles. The van der Waals surface area contributed by atoms with Gasteiger partial charge in [0.05, 0.1) is 11.1 Å². The van der Waals surface area contributed by atoms with Crippen LogP contribution in [0.15, 0.2) is 46.9 Å². The van der Waals surface area contributed by atoms with Crippen molar-refractivity contribution in [1.82, 2.24) is 0 Å². The molecule has 2 aromatic rings. The highest BCUT2D eigenvalue weighted by molar-refractivity contribution is 9.10. The molecule has 0 spiro atoms. The Morgan fingerprint density at radius 2 is 1.53 bits per heavy atom. The summed E-state index contributed by atoms with van der Waals surface area (Å²) in [5.41, 5.74) is 8.15. The van der Waals surface area contributed by atoms with E-state index in [-0.39, 0.29) is 6.04 Å². The number of halogens is 3. The molecule has 17 heavy (non-hydrogen) atoms. The van der Waals surface area contributed by atoms with Crippen LogP contribution in [0, 0.1) is 0 Å². The molecule has 0 aliphatic heterocycles. The van der Waals surface area contributed by atoms with Crippen LogP contribution in [0.2, 0.25) is 10.0 Å². The highest BCUT2D eigenvalue weighted by Crippen LogP contribution is 2.28. The van der Waals surface area contributed by atoms with Crippen molar-refractivity contribution in [3.8, 4) is 0 Å². The summed E-state index contributed by atoms with van der Waals surface area (Å²) in [6.45, 7) is 0. The molecule has 2 N–H and O–H groups in total. The average molecular weight is 331 g/mol. The van der Waals surface area contributed by atoms with Gasteiger partial charge in [0.25, 0.3) is 0 Å². The lowest BCUT2D eigenvalue weighted by Gasteiger charge is -2.13. The minimum atomic E-state index is -0.196. The molecule has 0 saturated heterocycles. The van der Waals surface area contributed by atoms with Crippen molar-refractivity contribution in [3.63, 3.8) is 0 Å². The maximum absolute atomic E-state index is 6.17. The van der Waals surface area contributed by atoms with E-state index in [0.29, 0.717) is 10.0 Å². The summed E-state index contributed by atoms with van der Waals surface area (Å²) in [7, 11) is 0. The van der Waals surface area contributed by atoms with E-state index in [4.69, 9.17) is 28.9 Å². The molecule has 0 radical (unpaired) electrons. The van der Waals surface area contributed by atoms with Gasteiger partial charge >= 0.3 is 0 Å².